The van der Waals surface area contributed by atoms with Crippen LogP contribution in [0.25, 0.3) is 0 Å². The zero-order chi connectivity index (χ0) is 21.0. The van der Waals surface area contributed by atoms with Crippen molar-refractivity contribution >= 4 is 42.3 Å². The molecule has 2 amide bonds. The van der Waals surface area contributed by atoms with Crippen LogP contribution in [0.5, 0.6) is 0 Å². The van der Waals surface area contributed by atoms with E-state index in [1.807, 2.05) is 42.3 Å². The molecule has 0 bridgehead atoms. The number of likely N-dealkylation sites (tertiary alicyclic amines) is 1. The van der Waals surface area contributed by atoms with E-state index < -0.39 is 5.54 Å². The Balaban J connectivity index is 0.00000240. The van der Waals surface area contributed by atoms with Gasteiger partial charge >= 0.3 is 0 Å². The van der Waals surface area contributed by atoms with Gasteiger partial charge in [-0.1, -0.05) is 30.3 Å². The van der Waals surface area contributed by atoms with Crippen LogP contribution in [0.3, 0.4) is 0 Å². The van der Waals surface area contributed by atoms with Crippen molar-refractivity contribution in [2.24, 2.45) is 5.73 Å². The molecule has 170 valence electrons. The van der Waals surface area contributed by atoms with Crippen LogP contribution in [0.1, 0.15) is 35.7 Å². The fourth-order valence-corrected chi connectivity index (χ4v) is 3.70. The Kier molecular flexibility index (Phi) is 9.97. The molecule has 1 saturated heterocycles. The second kappa shape index (κ2) is 11.5. The molecule has 8 heteroatoms. The summed E-state index contributed by atoms with van der Waals surface area (Å²) >= 11 is 0. The van der Waals surface area contributed by atoms with E-state index in [2.05, 4.69) is 17.3 Å². The molecule has 0 aromatic heterocycles. The highest BCUT2D eigenvalue weighted by Gasteiger charge is 2.30. The summed E-state index contributed by atoms with van der Waals surface area (Å²) in [6.45, 7) is 3.66. The summed E-state index contributed by atoms with van der Waals surface area (Å²) in [4.78, 5) is 29.6. The van der Waals surface area contributed by atoms with Gasteiger partial charge in [-0.2, -0.15) is 0 Å². The Hall–Kier alpha value is -2.12. The van der Waals surface area contributed by atoms with E-state index in [1.165, 1.54) is 0 Å². The maximum Gasteiger partial charge on any atom is 0.253 e. The number of hydrogen-bond acceptors (Lipinski definition) is 4. The van der Waals surface area contributed by atoms with Gasteiger partial charge in [-0.05, 0) is 63.2 Å². The molecule has 31 heavy (non-hydrogen) atoms. The van der Waals surface area contributed by atoms with E-state index in [0.717, 1.165) is 31.5 Å². The van der Waals surface area contributed by atoms with Crippen LogP contribution in [-0.4, -0.2) is 54.8 Å². The van der Waals surface area contributed by atoms with Crippen molar-refractivity contribution in [3.8, 4) is 0 Å². The van der Waals surface area contributed by atoms with Crippen molar-refractivity contribution < 1.29 is 9.59 Å². The van der Waals surface area contributed by atoms with Gasteiger partial charge in [0.1, 0.15) is 5.54 Å². The van der Waals surface area contributed by atoms with E-state index in [-0.39, 0.29) is 42.7 Å². The van der Waals surface area contributed by atoms with Crippen LogP contribution >= 0.6 is 24.8 Å². The lowest BCUT2D eigenvalue weighted by Crippen LogP contribution is -2.47. The second-order valence-corrected chi connectivity index (χ2v) is 8.07. The minimum Gasteiger partial charge on any atom is -0.337 e. The minimum atomic E-state index is -1.15. The Morgan fingerprint density at radius 2 is 1.71 bits per heavy atom. The summed E-state index contributed by atoms with van der Waals surface area (Å²) in [5.41, 5.74) is 7.07. The van der Waals surface area contributed by atoms with Gasteiger partial charge in [0.2, 0.25) is 5.91 Å². The molecule has 3 rings (SSSR count). The molecule has 1 aliphatic rings. The number of benzene rings is 2. The monoisotopic (exact) mass is 466 g/mol. The van der Waals surface area contributed by atoms with Crippen LogP contribution in [0, 0.1) is 0 Å². The van der Waals surface area contributed by atoms with Crippen LogP contribution < -0.4 is 11.1 Å². The first-order valence-electron chi connectivity index (χ1n) is 10.0. The predicted octanol–water partition coefficient (Wildman–Crippen LogP) is 3.51. The maximum absolute atomic E-state index is 12.8. The standard InChI is InChI=1S/C23H30N4O2.2ClH/c1-23(24,18-8-5-4-6-9-18)22(29)25-19-13-11-17(12-14-19)21(28)27(3)20-10-7-15-26(2)16-20;;/h4-6,8-9,11-14,20H,7,10,15-16,24H2,1-3H3,(H,25,29);2*1H. The quantitative estimate of drug-likeness (QED) is 0.706. The SMILES string of the molecule is CN1CCCC(N(C)C(=O)c2ccc(NC(=O)C(C)(N)c3ccccc3)cc2)C1.Cl.Cl. The van der Waals surface area contributed by atoms with Crippen molar-refractivity contribution in [3.63, 3.8) is 0 Å². The molecule has 2 unspecified atom stereocenters. The fraction of sp³-hybridized carbons (Fsp3) is 0.391. The molecule has 0 saturated carbocycles. The lowest BCUT2D eigenvalue weighted by atomic mass is 9.92. The predicted molar refractivity (Wildman–Crippen MR) is 130 cm³/mol. The largest absolute Gasteiger partial charge is 0.337 e. The van der Waals surface area contributed by atoms with Gasteiger partial charge in [-0.25, -0.2) is 0 Å². The number of amides is 2. The number of rotatable bonds is 5. The summed E-state index contributed by atoms with van der Waals surface area (Å²) in [6, 6.07) is 16.5. The number of nitrogens with one attached hydrogen (secondary N) is 1. The number of hydrogen-bond donors (Lipinski definition) is 2. The number of nitrogens with two attached hydrogens (primary N) is 1. The molecule has 1 fully saturated rings. The average molecular weight is 467 g/mol. The van der Waals surface area contributed by atoms with E-state index in [4.69, 9.17) is 5.73 Å². The summed E-state index contributed by atoms with van der Waals surface area (Å²) in [5, 5.41) is 2.85. The maximum atomic E-state index is 12.8. The first-order valence-corrected chi connectivity index (χ1v) is 10.0. The minimum absolute atomic E-state index is 0. The van der Waals surface area contributed by atoms with Crippen molar-refractivity contribution in [2.45, 2.75) is 31.3 Å². The van der Waals surface area contributed by atoms with Crippen LogP contribution in [0.15, 0.2) is 54.6 Å². The molecular formula is C23H32Cl2N4O2. The number of piperidine rings is 1. The molecule has 1 heterocycles. The highest BCUT2D eigenvalue weighted by atomic mass is 35.5. The number of halogens is 2. The fourth-order valence-electron chi connectivity index (χ4n) is 3.70. The molecule has 0 spiro atoms. The zero-order valence-electron chi connectivity index (χ0n) is 18.2. The van der Waals surface area contributed by atoms with Crippen molar-refractivity contribution in [1.82, 2.24) is 9.80 Å². The van der Waals surface area contributed by atoms with E-state index >= 15 is 0 Å². The number of nitrogens with zero attached hydrogens (tertiary/aromatic N) is 2. The van der Waals surface area contributed by atoms with E-state index in [9.17, 15) is 9.59 Å². The van der Waals surface area contributed by atoms with Gasteiger partial charge in [-0.15, -0.1) is 24.8 Å². The third kappa shape index (κ3) is 6.43. The van der Waals surface area contributed by atoms with Crippen molar-refractivity contribution in [2.75, 3.05) is 32.5 Å². The molecule has 6 nitrogen and oxygen atoms in total. The third-order valence-electron chi connectivity index (χ3n) is 5.70. The Morgan fingerprint density at radius 3 is 2.29 bits per heavy atom. The summed E-state index contributed by atoms with van der Waals surface area (Å²) < 4.78 is 0. The number of anilines is 1. The molecule has 0 radical (unpaired) electrons. The number of carbonyl (C=O) groups excluding carboxylic acids is 2. The van der Waals surface area contributed by atoms with Gasteiger partial charge < -0.3 is 20.9 Å². The van der Waals surface area contributed by atoms with Gasteiger partial charge in [0.25, 0.3) is 5.91 Å². The Bertz CT molecular complexity index is 860. The normalized spacial score (nSPS) is 18.0. The van der Waals surface area contributed by atoms with Gasteiger partial charge in [-0.3, -0.25) is 9.59 Å². The Labute approximate surface area is 197 Å². The molecule has 3 N–H and O–H groups in total. The number of carbonyl (C=O) groups is 2. The average Bonchev–Trinajstić information content (AvgIpc) is 2.74. The highest BCUT2D eigenvalue weighted by Crippen LogP contribution is 2.21. The third-order valence-corrected chi connectivity index (χ3v) is 5.70. The lowest BCUT2D eigenvalue weighted by Gasteiger charge is -2.35. The van der Waals surface area contributed by atoms with Crippen molar-refractivity contribution in [1.29, 1.82) is 0 Å². The molecule has 2 aromatic rings. The van der Waals surface area contributed by atoms with Crippen LogP contribution in [0.2, 0.25) is 0 Å². The van der Waals surface area contributed by atoms with Gasteiger partial charge in [0.15, 0.2) is 0 Å². The van der Waals surface area contributed by atoms with Crippen LogP contribution in [-0.2, 0) is 10.3 Å². The molecule has 1 aliphatic heterocycles. The molecule has 2 aromatic carbocycles. The van der Waals surface area contributed by atoms with E-state index in [0.29, 0.717) is 11.3 Å². The summed E-state index contributed by atoms with van der Waals surface area (Å²) in [6.07, 6.45) is 2.12. The first kappa shape index (κ1) is 26.9. The topological polar surface area (TPSA) is 78.7 Å². The van der Waals surface area contributed by atoms with Gasteiger partial charge in [0.05, 0.1) is 0 Å². The van der Waals surface area contributed by atoms with Crippen LogP contribution in [0.4, 0.5) is 5.69 Å². The first-order chi connectivity index (χ1) is 13.8. The highest BCUT2D eigenvalue weighted by molar-refractivity contribution is 5.99. The van der Waals surface area contributed by atoms with Gasteiger partial charge in [0, 0.05) is 30.9 Å². The summed E-state index contributed by atoms with van der Waals surface area (Å²) in [7, 11) is 3.95. The smallest absolute Gasteiger partial charge is 0.253 e. The van der Waals surface area contributed by atoms with Crippen molar-refractivity contribution in [3.05, 3.63) is 65.7 Å². The lowest BCUT2D eigenvalue weighted by molar-refractivity contribution is -0.120. The number of likely N-dealkylation sites (N-methyl/N-ethyl adjacent to an activating group) is 2. The zero-order valence-corrected chi connectivity index (χ0v) is 19.8. The Morgan fingerprint density at radius 1 is 1.10 bits per heavy atom. The second-order valence-electron chi connectivity index (χ2n) is 8.07. The molecule has 0 aliphatic carbocycles. The molecule has 2 atom stereocenters. The molecular weight excluding hydrogens is 435 g/mol. The van der Waals surface area contributed by atoms with E-state index in [1.54, 1.807) is 31.2 Å². The summed E-state index contributed by atoms with van der Waals surface area (Å²) in [5.74, 6) is -0.304.